The summed E-state index contributed by atoms with van der Waals surface area (Å²) in [5, 5.41) is 0. The van der Waals surface area contributed by atoms with Gasteiger partial charge in [0.1, 0.15) is 29.9 Å². The van der Waals surface area contributed by atoms with E-state index in [0.717, 1.165) is 40.0 Å². The smallest absolute Gasteiger partial charge is 0.323 e. The van der Waals surface area contributed by atoms with Gasteiger partial charge in [0.25, 0.3) is 0 Å². The Labute approximate surface area is 180 Å². The lowest BCUT2D eigenvalue weighted by molar-refractivity contribution is -0.145. The van der Waals surface area contributed by atoms with Gasteiger partial charge in [-0.2, -0.15) is 0 Å². The first-order valence-corrected chi connectivity index (χ1v) is 10.9. The van der Waals surface area contributed by atoms with E-state index in [4.69, 9.17) is 13.9 Å². The number of methoxy groups -OCH3 is 1. The lowest BCUT2D eigenvalue weighted by Gasteiger charge is -2.21. The summed E-state index contributed by atoms with van der Waals surface area (Å²) in [6, 6.07) is 17.6. The normalized spacial score (nSPS) is 16.5. The zero-order valence-electron chi connectivity index (χ0n) is 17.0. The van der Waals surface area contributed by atoms with Gasteiger partial charge < -0.3 is 13.9 Å². The second-order valence-corrected chi connectivity index (χ2v) is 8.11. The molecule has 0 spiro atoms. The fourth-order valence-corrected chi connectivity index (χ4v) is 4.51. The van der Waals surface area contributed by atoms with E-state index in [1.54, 1.807) is 11.8 Å². The predicted molar refractivity (Wildman–Crippen MR) is 116 cm³/mol. The lowest BCUT2D eigenvalue weighted by Crippen LogP contribution is -2.38. The van der Waals surface area contributed by atoms with Crippen LogP contribution < -0.4 is 4.74 Å². The van der Waals surface area contributed by atoms with Gasteiger partial charge in [-0.05, 0) is 36.8 Å². The zero-order chi connectivity index (χ0) is 20.9. The highest BCUT2D eigenvalue weighted by molar-refractivity contribution is 7.99. The van der Waals surface area contributed by atoms with Gasteiger partial charge in [0, 0.05) is 23.7 Å². The van der Waals surface area contributed by atoms with Crippen LogP contribution in [0, 0.1) is 6.92 Å². The van der Waals surface area contributed by atoms with Gasteiger partial charge in [0.05, 0.1) is 7.11 Å². The number of carbonyl (C=O) groups excluding carboxylic acids is 1. The quantitative estimate of drug-likeness (QED) is 0.525. The summed E-state index contributed by atoms with van der Waals surface area (Å²) in [4.78, 5) is 18.6. The minimum Gasteiger partial charge on any atom is -0.487 e. The van der Waals surface area contributed by atoms with Crippen molar-refractivity contribution in [2.75, 3.05) is 18.7 Å². The number of esters is 1. The average Bonchev–Trinajstić information content (AvgIpc) is 3.40. The Hall–Kier alpha value is -2.77. The molecule has 4 rings (SSSR count). The monoisotopic (exact) mass is 424 g/mol. The number of carbonyl (C=O) groups is 1. The molecule has 1 aliphatic heterocycles. The van der Waals surface area contributed by atoms with Crippen LogP contribution >= 0.6 is 11.8 Å². The highest BCUT2D eigenvalue weighted by Crippen LogP contribution is 2.25. The van der Waals surface area contributed by atoms with E-state index in [2.05, 4.69) is 9.88 Å². The van der Waals surface area contributed by atoms with Gasteiger partial charge in [0.15, 0.2) is 0 Å². The van der Waals surface area contributed by atoms with Gasteiger partial charge in [0.2, 0.25) is 5.89 Å². The van der Waals surface area contributed by atoms with Crippen LogP contribution in [-0.4, -0.2) is 40.6 Å². The molecule has 30 heavy (non-hydrogen) atoms. The molecule has 0 saturated carbocycles. The maximum Gasteiger partial charge on any atom is 0.323 e. The molecule has 0 N–H and O–H groups in total. The van der Waals surface area contributed by atoms with E-state index < -0.39 is 0 Å². The molecule has 6 nitrogen and oxygen atoms in total. The Morgan fingerprint density at radius 1 is 1.20 bits per heavy atom. The molecule has 0 bridgehead atoms. The van der Waals surface area contributed by atoms with Gasteiger partial charge >= 0.3 is 5.97 Å². The van der Waals surface area contributed by atoms with Crippen molar-refractivity contribution in [2.45, 2.75) is 26.1 Å². The minimum atomic E-state index is -0.176. The molecule has 0 radical (unpaired) electrons. The molecule has 1 atom stereocenters. The van der Waals surface area contributed by atoms with Crippen LogP contribution in [0.4, 0.5) is 0 Å². The maximum atomic E-state index is 11.9. The molecule has 156 valence electrons. The SMILES string of the molecule is COC(=O)C1CSCN1Cc1ccc(OCc2nc(-c3ccccc3)oc2C)cc1. The number of oxazole rings is 1. The topological polar surface area (TPSA) is 64.8 Å². The van der Waals surface area contributed by atoms with Crippen LogP contribution in [0.25, 0.3) is 11.5 Å². The Morgan fingerprint density at radius 3 is 2.70 bits per heavy atom. The van der Waals surface area contributed by atoms with Gasteiger partial charge in [-0.25, -0.2) is 4.98 Å². The zero-order valence-corrected chi connectivity index (χ0v) is 17.9. The van der Waals surface area contributed by atoms with Gasteiger partial charge in [-0.1, -0.05) is 30.3 Å². The van der Waals surface area contributed by atoms with Crippen molar-refractivity contribution in [1.82, 2.24) is 9.88 Å². The first kappa shape index (κ1) is 20.5. The second-order valence-electron chi connectivity index (χ2n) is 7.11. The molecule has 1 unspecified atom stereocenters. The van der Waals surface area contributed by atoms with E-state index in [-0.39, 0.29) is 12.0 Å². The average molecular weight is 425 g/mol. The highest BCUT2D eigenvalue weighted by atomic mass is 32.2. The number of aryl methyl sites for hydroxylation is 1. The summed E-state index contributed by atoms with van der Waals surface area (Å²) < 4.78 is 16.6. The molecule has 2 aromatic carbocycles. The summed E-state index contributed by atoms with van der Waals surface area (Å²) in [6.45, 7) is 2.94. The summed E-state index contributed by atoms with van der Waals surface area (Å²) in [5.74, 6) is 3.56. The van der Waals surface area contributed by atoms with Crippen LogP contribution in [-0.2, 0) is 22.7 Å². The van der Waals surface area contributed by atoms with E-state index in [1.165, 1.54) is 7.11 Å². The summed E-state index contributed by atoms with van der Waals surface area (Å²) in [5.41, 5.74) is 2.86. The summed E-state index contributed by atoms with van der Waals surface area (Å²) in [7, 11) is 1.44. The van der Waals surface area contributed by atoms with Crippen LogP contribution in [0.15, 0.2) is 59.0 Å². The maximum absolute atomic E-state index is 11.9. The highest BCUT2D eigenvalue weighted by Gasteiger charge is 2.31. The first-order valence-electron chi connectivity index (χ1n) is 9.77. The van der Waals surface area contributed by atoms with Crippen LogP contribution in [0.3, 0.4) is 0 Å². The Balaban J connectivity index is 1.35. The standard InChI is InChI=1S/C23H24N2O4S/c1-16-20(24-22(29-16)18-6-4-3-5-7-18)13-28-19-10-8-17(9-11-19)12-25-15-30-14-21(25)23(26)27-2/h3-11,21H,12-15H2,1-2H3. The molecule has 1 aliphatic rings. The number of hydrogen-bond donors (Lipinski definition) is 0. The van der Waals surface area contributed by atoms with E-state index in [0.29, 0.717) is 19.0 Å². The van der Waals surface area contributed by atoms with Crippen LogP contribution in [0.5, 0.6) is 5.75 Å². The Bertz CT molecular complexity index is 988. The third-order valence-corrected chi connectivity index (χ3v) is 6.11. The van der Waals surface area contributed by atoms with E-state index >= 15 is 0 Å². The fourth-order valence-electron chi connectivity index (χ4n) is 3.33. The van der Waals surface area contributed by atoms with Crippen LogP contribution in [0.1, 0.15) is 17.0 Å². The number of nitrogens with zero attached hydrogens (tertiary/aromatic N) is 2. The molecule has 3 aromatic rings. The summed E-state index contributed by atoms with van der Waals surface area (Å²) >= 11 is 1.75. The largest absolute Gasteiger partial charge is 0.487 e. The third kappa shape index (κ3) is 4.68. The van der Waals surface area contributed by atoms with Crippen LogP contribution in [0.2, 0.25) is 0 Å². The molecule has 1 saturated heterocycles. The molecular weight excluding hydrogens is 400 g/mol. The van der Waals surface area contributed by atoms with E-state index in [9.17, 15) is 4.79 Å². The van der Waals surface area contributed by atoms with Gasteiger partial charge in [-0.15, -0.1) is 11.8 Å². The Morgan fingerprint density at radius 2 is 1.97 bits per heavy atom. The number of ether oxygens (including phenoxy) is 2. The van der Waals surface area contributed by atoms with Crippen molar-refractivity contribution >= 4 is 17.7 Å². The predicted octanol–water partition coefficient (Wildman–Crippen LogP) is 4.28. The Kier molecular flexibility index (Phi) is 6.40. The number of aromatic nitrogens is 1. The molecule has 0 amide bonds. The van der Waals surface area contributed by atoms with Crippen molar-refractivity contribution in [3.63, 3.8) is 0 Å². The van der Waals surface area contributed by atoms with Crippen molar-refractivity contribution in [2.24, 2.45) is 0 Å². The molecule has 2 heterocycles. The minimum absolute atomic E-state index is 0.169. The van der Waals surface area contributed by atoms with Crippen molar-refractivity contribution < 1.29 is 18.7 Å². The molecule has 1 aromatic heterocycles. The molecule has 0 aliphatic carbocycles. The number of thioether (sulfide) groups is 1. The first-order chi connectivity index (χ1) is 14.6. The van der Waals surface area contributed by atoms with Crippen molar-refractivity contribution in [3.8, 4) is 17.2 Å². The second kappa shape index (κ2) is 9.36. The number of rotatable bonds is 7. The number of hydrogen-bond acceptors (Lipinski definition) is 7. The molecule has 7 heteroatoms. The lowest BCUT2D eigenvalue weighted by atomic mass is 10.2. The van der Waals surface area contributed by atoms with E-state index in [1.807, 2.05) is 61.5 Å². The fraction of sp³-hybridized carbons (Fsp3) is 0.304. The number of benzene rings is 2. The third-order valence-electron chi connectivity index (χ3n) is 5.04. The molecule has 1 fully saturated rings. The van der Waals surface area contributed by atoms with Crippen molar-refractivity contribution in [1.29, 1.82) is 0 Å². The van der Waals surface area contributed by atoms with Gasteiger partial charge in [-0.3, -0.25) is 9.69 Å². The summed E-state index contributed by atoms with van der Waals surface area (Å²) in [6.07, 6.45) is 0. The van der Waals surface area contributed by atoms with Crippen molar-refractivity contribution in [3.05, 3.63) is 71.6 Å². The molecular formula is C23H24N2O4S.